The van der Waals surface area contributed by atoms with Crippen LogP contribution < -0.4 is 0 Å². The molecule has 0 spiro atoms. The molecule has 148 valence electrons. The van der Waals surface area contributed by atoms with E-state index in [1.54, 1.807) is 19.1 Å². The average Bonchev–Trinajstić information content (AvgIpc) is 2.71. The molecule has 1 aliphatic carbocycles. The molecule has 3 rings (SSSR count). The summed E-state index contributed by atoms with van der Waals surface area (Å²) in [6.45, 7) is 1.58. The van der Waals surface area contributed by atoms with E-state index >= 15 is 0 Å². The smallest absolute Gasteiger partial charge is 0.262 e. The quantitative estimate of drug-likeness (QED) is 0.741. The third-order valence-electron chi connectivity index (χ3n) is 4.31. The summed E-state index contributed by atoms with van der Waals surface area (Å²) in [5, 5.41) is 9.56. The van der Waals surface area contributed by atoms with Crippen molar-refractivity contribution in [3.63, 3.8) is 0 Å². The summed E-state index contributed by atoms with van der Waals surface area (Å²) in [4.78, 5) is 14.3. The number of phenolic OH excluding ortho intramolecular Hbond substituents is 1. The lowest BCUT2D eigenvalue weighted by Gasteiger charge is -2.24. The van der Waals surface area contributed by atoms with Gasteiger partial charge in [-0.1, -0.05) is 36.2 Å². The number of carbonyl (C=O) groups is 1. The maximum atomic E-state index is 12.8. The van der Waals surface area contributed by atoms with Crippen LogP contribution in [0.5, 0.6) is 5.75 Å². The van der Waals surface area contributed by atoms with Gasteiger partial charge in [-0.05, 0) is 31.1 Å². The Morgan fingerprint density at radius 1 is 1.29 bits per heavy atom. The van der Waals surface area contributed by atoms with Gasteiger partial charge in [0.15, 0.2) is 15.6 Å². The van der Waals surface area contributed by atoms with Crippen molar-refractivity contribution in [2.24, 2.45) is 0 Å². The Kier molecular flexibility index (Phi) is 5.88. The molecule has 6 nitrogen and oxygen atoms in total. The first-order chi connectivity index (χ1) is 13.2. The lowest BCUT2D eigenvalue weighted by molar-refractivity contribution is 0.0855. The number of allylic oxidation sites excluding steroid dienone is 3. The first kappa shape index (κ1) is 20.5. The zero-order valence-corrected chi connectivity index (χ0v) is 17.2. The number of sulfone groups is 1. The number of benzene rings is 1. The molecule has 9 heteroatoms. The van der Waals surface area contributed by atoms with Crippen LogP contribution in [0.25, 0.3) is 0 Å². The van der Waals surface area contributed by atoms with Gasteiger partial charge in [-0.25, -0.2) is 8.42 Å². The molecular weight excluding hydrogens is 425 g/mol. The van der Waals surface area contributed by atoms with Gasteiger partial charge in [0.05, 0.1) is 26.9 Å². The first-order valence-electron chi connectivity index (χ1n) is 8.43. The minimum atomic E-state index is -3.44. The van der Waals surface area contributed by atoms with Gasteiger partial charge in [-0.2, -0.15) is 0 Å². The molecular formula is C19H17Cl2NO5S. The third-order valence-corrected chi connectivity index (χ3v) is 6.70. The van der Waals surface area contributed by atoms with Crippen LogP contribution >= 0.6 is 23.2 Å². The summed E-state index contributed by atoms with van der Waals surface area (Å²) in [6.07, 6.45) is 8.65. The van der Waals surface area contributed by atoms with Gasteiger partial charge in [0.2, 0.25) is 0 Å². The van der Waals surface area contributed by atoms with E-state index in [1.165, 1.54) is 35.7 Å². The highest BCUT2D eigenvalue weighted by molar-refractivity contribution is 7.95. The normalized spacial score (nSPS) is 16.8. The van der Waals surface area contributed by atoms with E-state index in [-0.39, 0.29) is 37.8 Å². The summed E-state index contributed by atoms with van der Waals surface area (Å²) in [5.41, 5.74) is 0.683. The number of carbonyl (C=O) groups excluding carboxylic acids is 1. The third kappa shape index (κ3) is 3.97. The first-order valence-corrected chi connectivity index (χ1v) is 10.8. The van der Waals surface area contributed by atoms with Gasteiger partial charge in [0.25, 0.3) is 5.91 Å². The van der Waals surface area contributed by atoms with Crippen molar-refractivity contribution in [1.82, 2.24) is 4.90 Å². The average molecular weight is 442 g/mol. The van der Waals surface area contributed by atoms with E-state index in [0.717, 1.165) is 0 Å². The van der Waals surface area contributed by atoms with Gasteiger partial charge in [-0.3, -0.25) is 9.69 Å². The van der Waals surface area contributed by atoms with Gasteiger partial charge in [-0.15, -0.1) is 0 Å². The van der Waals surface area contributed by atoms with Gasteiger partial charge in [0, 0.05) is 17.3 Å². The molecule has 1 aromatic rings. The maximum absolute atomic E-state index is 12.8. The Balaban J connectivity index is 2.00. The van der Waals surface area contributed by atoms with Crippen molar-refractivity contribution >= 4 is 38.9 Å². The topological polar surface area (TPSA) is 83.9 Å². The molecule has 2 aliphatic rings. The summed E-state index contributed by atoms with van der Waals surface area (Å²) < 4.78 is 30.3. The Morgan fingerprint density at radius 3 is 2.61 bits per heavy atom. The fourth-order valence-corrected chi connectivity index (χ4v) is 4.50. The lowest BCUT2D eigenvalue weighted by Crippen LogP contribution is -2.24. The molecule has 0 saturated carbocycles. The number of phenols is 1. The molecule has 0 atom stereocenters. The number of halogens is 2. The second-order valence-electron chi connectivity index (χ2n) is 6.08. The molecule has 1 heterocycles. The van der Waals surface area contributed by atoms with Gasteiger partial charge in [0.1, 0.15) is 12.0 Å². The highest BCUT2D eigenvalue weighted by Gasteiger charge is 2.26. The summed E-state index contributed by atoms with van der Waals surface area (Å²) in [6, 6.07) is 2.61. The van der Waals surface area contributed by atoms with Crippen molar-refractivity contribution in [3.8, 4) is 5.75 Å². The molecule has 0 bridgehead atoms. The zero-order valence-electron chi connectivity index (χ0n) is 14.9. The van der Waals surface area contributed by atoms with Crippen LogP contribution in [0.3, 0.4) is 0 Å². The molecule has 28 heavy (non-hydrogen) atoms. The largest absolute Gasteiger partial charge is 0.505 e. The Morgan fingerprint density at radius 2 is 1.96 bits per heavy atom. The summed E-state index contributed by atoms with van der Waals surface area (Å²) in [5.74, 6) is -0.523. The molecule has 0 saturated heterocycles. The standard InChI is InChI=1S/C19H17Cl2NO5S/c1-2-28(25,26)17-6-4-3-5-13(17)16-11-22(7-8-27-16)19(24)12-9-14(20)18(23)15(21)10-12/h4,6-11,23H,2-3,5H2,1H3. The number of rotatable bonds is 4. The van der Waals surface area contributed by atoms with Crippen LogP contribution in [-0.4, -0.2) is 30.1 Å². The molecule has 0 unspecified atom stereocenters. The maximum Gasteiger partial charge on any atom is 0.262 e. The van der Waals surface area contributed by atoms with Gasteiger partial charge < -0.3 is 9.84 Å². The Bertz CT molecular complexity index is 1030. The van der Waals surface area contributed by atoms with E-state index in [2.05, 4.69) is 0 Å². The van der Waals surface area contributed by atoms with Crippen LogP contribution in [0.1, 0.15) is 30.1 Å². The molecule has 1 aliphatic heterocycles. The fraction of sp³-hybridized carbons (Fsp3) is 0.211. The van der Waals surface area contributed by atoms with E-state index < -0.39 is 15.7 Å². The van der Waals surface area contributed by atoms with Crippen LogP contribution in [0.2, 0.25) is 10.0 Å². The molecule has 0 radical (unpaired) electrons. The predicted molar refractivity (Wildman–Crippen MR) is 107 cm³/mol. The second kappa shape index (κ2) is 8.03. The molecule has 0 aromatic heterocycles. The monoisotopic (exact) mass is 441 g/mol. The molecule has 1 aromatic carbocycles. The van der Waals surface area contributed by atoms with Crippen LogP contribution in [0, 0.1) is 0 Å². The van der Waals surface area contributed by atoms with Crippen LogP contribution in [0.4, 0.5) is 0 Å². The number of hydrogen-bond donors (Lipinski definition) is 1. The SMILES string of the molecule is CCS(=O)(=O)C1=C(C2=CN(C(=O)c3cc(Cl)c(O)c(Cl)c3)C=CO2)CCC=C1. The van der Waals surface area contributed by atoms with Crippen molar-refractivity contribution in [2.75, 3.05) is 5.75 Å². The highest BCUT2D eigenvalue weighted by Crippen LogP contribution is 2.34. The fourth-order valence-electron chi connectivity index (χ4n) is 2.82. The van der Waals surface area contributed by atoms with Crippen molar-refractivity contribution in [2.45, 2.75) is 19.8 Å². The summed E-state index contributed by atoms with van der Waals surface area (Å²) in [7, 11) is -3.44. The minimum absolute atomic E-state index is 0.0353. The van der Waals surface area contributed by atoms with E-state index in [4.69, 9.17) is 27.9 Å². The molecule has 1 amide bonds. The van der Waals surface area contributed by atoms with Crippen molar-refractivity contribution in [1.29, 1.82) is 0 Å². The van der Waals surface area contributed by atoms with Crippen LogP contribution in [0.15, 0.2) is 59.2 Å². The zero-order chi connectivity index (χ0) is 20.5. The minimum Gasteiger partial charge on any atom is -0.505 e. The van der Waals surface area contributed by atoms with E-state index in [1.807, 2.05) is 0 Å². The van der Waals surface area contributed by atoms with Crippen molar-refractivity contribution < 1.29 is 23.1 Å². The molecule has 0 fully saturated rings. The Hall–Kier alpha value is -2.22. The predicted octanol–water partition coefficient (Wildman–Crippen LogP) is 4.52. The molecule has 1 N–H and O–H groups in total. The number of hydrogen-bond acceptors (Lipinski definition) is 5. The summed E-state index contributed by atoms with van der Waals surface area (Å²) >= 11 is 11.8. The number of nitrogens with zero attached hydrogens (tertiary/aromatic N) is 1. The van der Waals surface area contributed by atoms with E-state index in [0.29, 0.717) is 18.4 Å². The number of aromatic hydroxyl groups is 1. The second-order valence-corrected chi connectivity index (χ2v) is 9.15. The van der Waals surface area contributed by atoms with Crippen LogP contribution in [-0.2, 0) is 14.6 Å². The van der Waals surface area contributed by atoms with Gasteiger partial charge >= 0.3 is 0 Å². The number of amides is 1. The number of ether oxygens (including phenoxy) is 1. The Labute approximate surface area is 172 Å². The van der Waals surface area contributed by atoms with E-state index in [9.17, 15) is 18.3 Å². The highest BCUT2D eigenvalue weighted by atomic mass is 35.5. The van der Waals surface area contributed by atoms with Crippen molar-refractivity contribution in [3.05, 3.63) is 74.8 Å². The lowest BCUT2D eigenvalue weighted by atomic mass is 10.0.